The van der Waals surface area contributed by atoms with Gasteiger partial charge in [0, 0.05) is 93.7 Å². The lowest BCUT2D eigenvalue weighted by Gasteiger charge is -2.40. The SMILES string of the molecule is C=Cc1cc(C)nc(CCC(=O)NCCOCCOCCOCCOCCC(=O)N[C@H](C(=O)N[C@@H](CCCNC(N)=O)C(=O)Nc2ccc(COC(=O)N(C)CCN(C)C(=O)O[C@H]3C4=C(C)C5(CC5)[C@@](C)(O)C(=O)C4=C[C@@]3(C)COC(C)=O)cc2)C(C)C)c1. The van der Waals surface area contributed by atoms with Gasteiger partial charge in [-0.25, -0.2) is 14.4 Å². The summed E-state index contributed by atoms with van der Waals surface area (Å²) in [5.41, 5.74) is 6.83. The third-order valence-electron chi connectivity index (χ3n) is 15.8. The first-order valence-corrected chi connectivity index (χ1v) is 30.1. The maximum atomic E-state index is 13.7. The van der Waals surface area contributed by atoms with Crippen molar-refractivity contribution in [2.75, 3.05) is 105 Å². The first kappa shape index (κ1) is 72.0. The summed E-state index contributed by atoms with van der Waals surface area (Å²) in [5, 5.41) is 25.0. The van der Waals surface area contributed by atoms with E-state index in [1.54, 1.807) is 57.2 Å². The number of carbonyl (C=O) groups excluding carboxylic acids is 9. The van der Waals surface area contributed by atoms with Crippen LogP contribution in [0.15, 0.2) is 65.8 Å². The second kappa shape index (κ2) is 34.3. The van der Waals surface area contributed by atoms with Gasteiger partial charge in [-0.2, -0.15) is 0 Å². The van der Waals surface area contributed by atoms with Gasteiger partial charge in [-0.1, -0.05) is 50.3 Å². The smallest absolute Gasteiger partial charge is 0.410 e. The van der Waals surface area contributed by atoms with Gasteiger partial charge in [-0.05, 0) is 101 Å². The Labute approximate surface area is 520 Å². The molecule has 5 rings (SSSR count). The van der Waals surface area contributed by atoms with Crippen LogP contribution in [0.25, 0.3) is 6.08 Å². The number of fused-ring (bicyclic) bond motifs is 1. The van der Waals surface area contributed by atoms with Crippen LogP contribution in [0.1, 0.15) is 103 Å². The van der Waals surface area contributed by atoms with Crippen molar-refractivity contribution in [2.24, 2.45) is 22.5 Å². The number of nitrogens with two attached hydrogens (primary N) is 1. The zero-order chi connectivity index (χ0) is 65.5. The molecule has 2 aromatic rings. The average molecular weight is 1250 g/mol. The standard InChI is InChI=1S/C63H91N9O17/c1-11-44-35-41(4)67-47(36-44)18-19-50(74)65-24-28-84-30-32-86-34-33-85-31-29-83-27-20-51(75)70-53(40(2)3)57(78)69-49(13-12-23-66-58(64)79)56(77)68-46-16-14-45(15-17-46)38-87-59(80)71(9)25-26-72(10)60(81)89-55-52-42(5)63(21-22-63)62(8,82)54(76)48(52)37-61(55,7)39-88-43(6)73/h11,14-17,35-37,40,49,53,55,82H,1,12-13,18-34,38-39H2,2-10H3,(H,65,74)(H,68,77)(H,69,78)(H,70,75)(H3,64,66,79)/t49-,53-,55-,61-,62-/m0/s1. The maximum absolute atomic E-state index is 13.7. The van der Waals surface area contributed by atoms with E-state index in [9.17, 15) is 48.3 Å². The number of rotatable bonds is 37. The van der Waals surface area contributed by atoms with Crippen LogP contribution in [-0.4, -0.2) is 197 Å². The van der Waals surface area contributed by atoms with E-state index in [-0.39, 0.29) is 89.3 Å². The van der Waals surface area contributed by atoms with Gasteiger partial charge in [-0.3, -0.25) is 33.8 Å². The van der Waals surface area contributed by atoms with Gasteiger partial charge >= 0.3 is 24.2 Å². The van der Waals surface area contributed by atoms with Gasteiger partial charge in [0.2, 0.25) is 23.6 Å². The van der Waals surface area contributed by atoms with Gasteiger partial charge in [0.05, 0.1) is 58.3 Å². The largest absolute Gasteiger partial charge is 0.465 e. The highest BCUT2D eigenvalue weighted by molar-refractivity contribution is 6.09. The highest BCUT2D eigenvalue weighted by Gasteiger charge is 2.67. The van der Waals surface area contributed by atoms with E-state index >= 15 is 0 Å². The van der Waals surface area contributed by atoms with Crippen LogP contribution in [-0.2, 0) is 75.0 Å². The molecule has 1 heterocycles. The van der Waals surface area contributed by atoms with E-state index < -0.39 is 82.3 Å². The van der Waals surface area contributed by atoms with Gasteiger partial charge in [0.25, 0.3) is 0 Å². The Morgan fingerprint density at radius 2 is 1.42 bits per heavy atom. The van der Waals surface area contributed by atoms with Crippen molar-refractivity contribution in [1.82, 2.24) is 36.1 Å². The quantitative estimate of drug-likeness (QED) is 0.0283. The molecule has 0 radical (unpaired) electrons. The first-order chi connectivity index (χ1) is 42.2. The predicted molar refractivity (Wildman–Crippen MR) is 327 cm³/mol. The van der Waals surface area contributed by atoms with Crippen LogP contribution >= 0.6 is 0 Å². The number of hydrogen-bond donors (Lipinski definition) is 7. The number of benzene rings is 1. The summed E-state index contributed by atoms with van der Waals surface area (Å²) < 4.78 is 39.1. The molecule has 3 aliphatic rings. The van der Waals surface area contributed by atoms with E-state index in [4.69, 9.17) is 38.9 Å². The minimum absolute atomic E-state index is 0.0315. The number of ether oxygens (including phenoxy) is 7. The van der Waals surface area contributed by atoms with E-state index in [1.165, 1.54) is 37.7 Å². The van der Waals surface area contributed by atoms with E-state index in [0.717, 1.165) is 22.5 Å². The Bertz CT molecular complexity index is 2890. The second-order valence-corrected chi connectivity index (χ2v) is 23.3. The highest BCUT2D eigenvalue weighted by atomic mass is 16.6. The number of aryl methyl sites for hydroxylation is 2. The number of aromatic nitrogens is 1. The molecular weight excluding hydrogens is 1150 g/mol. The molecule has 1 fully saturated rings. The number of Topliss-reactive ketones (excluding diaryl/α,β-unsaturated/α-hetero) is 1. The lowest BCUT2D eigenvalue weighted by Crippen LogP contribution is -2.54. The Morgan fingerprint density at radius 1 is 0.798 bits per heavy atom. The summed E-state index contributed by atoms with van der Waals surface area (Å²) in [4.78, 5) is 123. The molecule has 0 aliphatic heterocycles. The molecule has 89 heavy (non-hydrogen) atoms. The molecule has 1 aromatic carbocycles. The molecule has 5 atom stereocenters. The number of nitrogens with one attached hydrogen (secondary N) is 5. The fourth-order valence-corrected chi connectivity index (χ4v) is 10.4. The van der Waals surface area contributed by atoms with Crippen LogP contribution in [0.5, 0.6) is 0 Å². The Kier molecular flexibility index (Phi) is 27.7. The molecule has 1 spiro atoms. The van der Waals surface area contributed by atoms with Crippen molar-refractivity contribution in [3.63, 3.8) is 0 Å². The molecule has 1 saturated carbocycles. The summed E-state index contributed by atoms with van der Waals surface area (Å²) in [6.07, 6.45) is 3.29. The van der Waals surface area contributed by atoms with Crippen LogP contribution in [0.3, 0.4) is 0 Å². The van der Waals surface area contributed by atoms with Crippen molar-refractivity contribution >= 4 is 65.4 Å². The molecule has 490 valence electrons. The molecule has 3 aliphatic carbocycles. The number of anilines is 1. The zero-order valence-corrected chi connectivity index (χ0v) is 52.9. The van der Waals surface area contributed by atoms with Crippen LogP contribution < -0.4 is 32.3 Å². The monoisotopic (exact) mass is 1250 g/mol. The molecule has 26 heteroatoms. The number of nitrogens with zero attached hydrogens (tertiary/aromatic N) is 3. The van der Waals surface area contributed by atoms with Crippen molar-refractivity contribution in [3.8, 4) is 0 Å². The minimum Gasteiger partial charge on any atom is -0.465 e. The van der Waals surface area contributed by atoms with Crippen LogP contribution in [0, 0.1) is 23.7 Å². The van der Waals surface area contributed by atoms with Gasteiger partial charge in [-0.15, -0.1) is 0 Å². The summed E-state index contributed by atoms with van der Waals surface area (Å²) in [6.45, 7) is 18.0. The number of pyridine rings is 1. The number of amides is 8. The fourth-order valence-electron chi connectivity index (χ4n) is 10.4. The van der Waals surface area contributed by atoms with Gasteiger partial charge in [0.15, 0.2) is 5.78 Å². The molecule has 1 aromatic heterocycles. The van der Waals surface area contributed by atoms with E-state index in [2.05, 4.69) is 38.1 Å². The summed E-state index contributed by atoms with van der Waals surface area (Å²) in [5.74, 6) is -3.09. The van der Waals surface area contributed by atoms with Gasteiger partial charge < -0.3 is 80.4 Å². The number of esters is 1. The lowest BCUT2D eigenvalue weighted by molar-refractivity contribution is -0.145. The third-order valence-corrected chi connectivity index (χ3v) is 15.8. The summed E-state index contributed by atoms with van der Waals surface area (Å²) in [6, 6.07) is 7.45. The van der Waals surface area contributed by atoms with Crippen molar-refractivity contribution in [1.29, 1.82) is 0 Å². The average Bonchev–Trinajstić information content (AvgIpc) is 1.55. The first-order valence-electron chi connectivity index (χ1n) is 30.1. The van der Waals surface area contributed by atoms with E-state index in [0.29, 0.717) is 82.1 Å². The highest BCUT2D eigenvalue weighted by Crippen LogP contribution is 2.66. The molecule has 26 nitrogen and oxygen atoms in total. The number of ketones is 1. The predicted octanol–water partition coefficient (Wildman–Crippen LogP) is 4.20. The number of carbonyl (C=O) groups is 9. The molecule has 0 bridgehead atoms. The Morgan fingerprint density at radius 3 is 2.01 bits per heavy atom. The fraction of sp³-hybridized carbons (Fsp3) is 0.587. The normalized spacial score (nSPS) is 18.6. The van der Waals surface area contributed by atoms with Crippen LogP contribution in [0.2, 0.25) is 0 Å². The summed E-state index contributed by atoms with van der Waals surface area (Å²) in [7, 11) is 2.99. The molecule has 0 unspecified atom stereocenters. The van der Waals surface area contributed by atoms with E-state index in [1.807, 2.05) is 26.0 Å². The molecule has 8 N–H and O–H groups in total. The second-order valence-electron chi connectivity index (χ2n) is 23.3. The van der Waals surface area contributed by atoms with Gasteiger partial charge in [0.1, 0.15) is 37.0 Å². The molecule has 8 amide bonds. The number of primary amides is 1. The van der Waals surface area contributed by atoms with Crippen molar-refractivity contribution in [2.45, 2.75) is 124 Å². The molecular formula is C63H91N9O17. The summed E-state index contributed by atoms with van der Waals surface area (Å²) >= 11 is 0. The van der Waals surface area contributed by atoms with Crippen molar-refractivity contribution in [3.05, 3.63) is 88.3 Å². The Balaban J connectivity index is 0.978. The Hall–Kier alpha value is -7.78. The number of urea groups is 1. The number of likely N-dealkylation sites (N-methyl/N-ethyl adjacent to an activating group) is 2. The van der Waals surface area contributed by atoms with Crippen LogP contribution in [0.4, 0.5) is 20.1 Å². The minimum atomic E-state index is -1.64. The number of hydrogen-bond acceptors (Lipinski definition) is 18. The number of aliphatic hydroxyl groups is 1. The zero-order valence-electron chi connectivity index (χ0n) is 52.9. The topological polar surface area (TPSA) is 344 Å². The maximum Gasteiger partial charge on any atom is 0.410 e. The third kappa shape index (κ3) is 21.5. The van der Waals surface area contributed by atoms with Crippen molar-refractivity contribution < 1.29 is 81.4 Å². The molecule has 0 saturated heterocycles. The lowest BCUT2D eigenvalue weighted by atomic mass is 9.67.